The molecule has 0 radical (unpaired) electrons. The van der Waals surface area contributed by atoms with E-state index in [-0.39, 0.29) is 18.2 Å². The van der Waals surface area contributed by atoms with Gasteiger partial charge in [-0.05, 0) is 49.9 Å². The Kier molecular flexibility index (Phi) is 7.85. The lowest BCUT2D eigenvalue weighted by Crippen LogP contribution is -2.27. The third-order valence-corrected chi connectivity index (χ3v) is 5.52. The van der Waals surface area contributed by atoms with Crippen LogP contribution in [-0.2, 0) is 15.9 Å². The van der Waals surface area contributed by atoms with Gasteiger partial charge >= 0.3 is 0 Å². The smallest absolute Gasteiger partial charge is 0.180 e. The average molecular weight is 429 g/mol. The Labute approximate surface area is 183 Å². The highest BCUT2D eigenvalue weighted by molar-refractivity contribution is 6.30. The Morgan fingerprint density at radius 3 is 2.00 bits per heavy atom. The van der Waals surface area contributed by atoms with Crippen molar-refractivity contribution in [2.45, 2.75) is 44.9 Å². The molecule has 0 saturated carbocycles. The van der Waals surface area contributed by atoms with E-state index in [1.807, 2.05) is 48.9 Å². The minimum Gasteiger partial charge on any atom is -0.374 e. The summed E-state index contributed by atoms with van der Waals surface area (Å²) in [6, 6.07) is 18.4. The van der Waals surface area contributed by atoms with Crippen molar-refractivity contribution in [1.29, 1.82) is 0 Å². The van der Waals surface area contributed by atoms with Gasteiger partial charge in [-0.1, -0.05) is 54.1 Å². The van der Waals surface area contributed by atoms with Crippen LogP contribution in [0.5, 0.6) is 0 Å². The van der Waals surface area contributed by atoms with Crippen LogP contribution in [0.4, 0.5) is 0 Å². The molecule has 0 aliphatic carbocycles. The quantitative estimate of drug-likeness (QED) is 0.477. The standard InChI is InChI=1S/C23H29ClN4O2/c1-16(29-3)22-25-26-23(17(2)30-4)28(22)27-21(19-11-13-20(24)14-12-19)15-10-18-8-6-5-7-9-18/h5-9,11-14,16-17,21,27H,10,15H2,1-4H3/t16-,17-,21-/m0/s1. The number of halogens is 1. The third kappa shape index (κ3) is 5.39. The topological polar surface area (TPSA) is 61.2 Å². The molecule has 3 aromatic rings. The van der Waals surface area contributed by atoms with Crippen molar-refractivity contribution in [3.8, 4) is 0 Å². The predicted octanol–water partition coefficient (Wildman–Crippen LogP) is 5.26. The number of benzene rings is 2. The van der Waals surface area contributed by atoms with Crippen LogP contribution in [0.15, 0.2) is 54.6 Å². The summed E-state index contributed by atoms with van der Waals surface area (Å²) < 4.78 is 12.9. The van der Waals surface area contributed by atoms with E-state index in [0.717, 1.165) is 18.4 Å². The van der Waals surface area contributed by atoms with Crippen LogP contribution in [0.25, 0.3) is 0 Å². The van der Waals surface area contributed by atoms with E-state index >= 15 is 0 Å². The molecule has 1 heterocycles. The van der Waals surface area contributed by atoms with Crippen LogP contribution in [-0.4, -0.2) is 29.1 Å². The zero-order chi connectivity index (χ0) is 21.5. The summed E-state index contributed by atoms with van der Waals surface area (Å²) in [5.74, 6) is 1.41. The maximum Gasteiger partial charge on any atom is 0.180 e. The van der Waals surface area contributed by atoms with E-state index in [9.17, 15) is 0 Å². The number of hydrogen-bond acceptors (Lipinski definition) is 5. The molecule has 3 rings (SSSR count). The van der Waals surface area contributed by atoms with Gasteiger partial charge in [0.05, 0.1) is 6.04 Å². The zero-order valence-electron chi connectivity index (χ0n) is 17.9. The Morgan fingerprint density at radius 1 is 0.900 bits per heavy atom. The molecule has 0 bridgehead atoms. The lowest BCUT2D eigenvalue weighted by atomic mass is 9.99. The van der Waals surface area contributed by atoms with Crippen molar-refractivity contribution in [3.63, 3.8) is 0 Å². The van der Waals surface area contributed by atoms with Crippen LogP contribution in [0, 0.1) is 0 Å². The molecule has 0 saturated heterocycles. The summed E-state index contributed by atoms with van der Waals surface area (Å²) >= 11 is 6.12. The van der Waals surface area contributed by atoms with E-state index < -0.39 is 0 Å². The Bertz CT molecular complexity index is 887. The van der Waals surface area contributed by atoms with Crippen molar-refractivity contribution >= 4 is 11.6 Å². The molecule has 0 fully saturated rings. The molecule has 0 aliphatic heterocycles. The SMILES string of the molecule is CO[C@@H](C)c1nnc([C@H](C)OC)n1N[C@@H](CCc1ccccc1)c1ccc(Cl)cc1. The molecule has 1 aromatic heterocycles. The highest BCUT2D eigenvalue weighted by Gasteiger charge is 2.24. The minimum absolute atomic E-state index is 0.0177. The number of methoxy groups -OCH3 is 2. The number of nitrogens with zero attached hydrogens (tertiary/aromatic N) is 3. The lowest BCUT2D eigenvalue weighted by Gasteiger charge is -2.25. The molecule has 0 amide bonds. The van der Waals surface area contributed by atoms with Crippen LogP contribution in [0.1, 0.15) is 61.3 Å². The van der Waals surface area contributed by atoms with E-state index in [1.54, 1.807) is 14.2 Å². The van der Waals surface area contributed by atoms with Crippen molar-refractivity contribution in [1.82, 2.24) is 14.9 Å². The minimum atomic E-state index is -0.220. The van der Waals surface area contributed by atoms with Crippen molar-refractivity contribution in [2.75, 3.05) is 19.6 Å². The summed E-state index contributed by atoms with van der Waals surface area (Å²) in [5.41, 5.74) is 6.05. The van der Waals surface area contributed by atoms with Gasteiger partial charge in [0.25, 0.3) is 0 Å². The first kappa shape index (κ1) is 22.3. The summed E-state index contributed by atoms with van der Waals surface area (Å²) in [4.78, 5) is 0. The maximum absolute atomic E-state index is 6.12. The van der Waals surface area contributed by atoms with E-state index in [1.165, 1.54) is 5.56 Å². The Balaban J connectivity index is 1.93. The normalized spacial score (nSPS) is 14.3. The number of aromatic nitrogens is 3. The monoisotopic (exact) mass is 428 g/mol. The third-order valence-electron chi connectivity index (χ3n) is 5.27. The molecular weight excluding hydrogens is 400 g/mol. The highest BCUT2D eigenvalue weighted by atomic mass is 35.5. The Morgan fingerprint density at radius 2 is 1.47 bits per heavy atom. The largest absolute Gasteiger partial charge is 0.374 e. The summed E-state index contributed by atoms with van der Waals surface area (Å²) in [5, 5.41) is 9.43. The second kappa shape index (κ2) is 10.6. The molecule has 2 aromatic carbocycles. The molecular formula is C23H29ClN4O2. The molecule has 0 aliphatic rings. The second-order valence-corrected chi connectivity index (χ2v) is 7.70. The van der Waals surface area contributed by atoms with E-state index in [0.29, 0.717) is 16.7 Å². The molecule has 7 heteroatoms. The number of nitrogens with one attached hydrogen (secondary N) is 1. The molecule has 0 unspecified atom stereocenters. The Hall–Kier alpha value is -2.41. The summed E-state index contributed by atoms with van der Waals surface area (Å²) in [7, 11) is 3.32. The molecule has 30 heavy (non-hydrogen) atoms. The highest BCUT2D eigenvalue weighted by Crippen LogP contribution is 2.26. The fourth-order valence-corrected chi connectivity index (χ4v) is 3.42. The van der Waals surface area contributed by atoms with Crippen LogP contribution in [0.3, 0.4) is 0 Å². The van der Waals surface area contributed by atoms with Gasteiger partial charge < -0.3 is 14.9 Å². The van der Waals surface area contributed by atoms with Gasteiger partial charge in [0.2, 0.25) is 0 Å². The number of hydrogen-bond donors (Lipinski definition) is 1. The molecule has 160 valence electrons. The van der Waals surface area contributed by atoms with Gasteiger partial charge in [0.1, 0.15) is 12.2 Å². The fraction of sp³-hybridized carbons (Fsp3) is 0.391. The molecule has 1 N–H and O–H groups in total. The zero-order valence-corrected chi connectivity index (χ0v) is 18.6. The van der Waals surface area contributed by atoms with Gasteiger partial charge in [-0.2, -0.15) is 0 Å². The maximum atomic E-state index is 6.12. The van der Waals surface area contributed by atoms with Gasteiger partial charge in [-0.3, -0.25) is 0 Å². The average Bonchev–Trinajstić information content (AvgIpc) is 3.20. The second-order valence-electron chi connectivity index (χ2n) is 7.27. The van der Waals surface area contributed by atoms with Crippen LogP contribution >= 0.6 is 11.6 Å². The molecule has 0 spiro atoms. The van der Waals surface area contributed by atoms with Crippen molar-refractivity contribution in [2.24, 2.45) is 0 Å². The van der Waals surface area contributed by atoms with Crippen molar-refractivity contribution in [3.05, 3.63) is 82.4 Å². The first-order valence-electron chi connectivity index (χ1n) is 10.1. The number of rotatable bonds is 10. The summed E-state index contributed by atoms with van der Waals surface area (Å²) in [6.45, 7) is 3.90. The predicted molar refractivity (Wildman–Crippen MR) is 119 cm³/mol. The first-order valence-corrected chi connectivity index (χ1v) is 10.5. The van der Waals surface area contributed by atoms with Gasteiger partial charge in [-0.25, -0.2) is 4.68 Å². The summed E-state index contributed by atoms with van der Waals surface area (Å²) in [6.07, 6.45) is 1.37. The van der Waals surface area contributed by atoms with Gasteiger partial charge in [0, 0.05) is 19.2 Å². The van der Waals surface area contributed by atoms with E-state index in [2.05, 4.69) is 39.9 Å². The molecule has 3 atom stereocenters. The van der Waals surface area contributed by atoms with Crippen LogP contribution < -0.4 is 5.43 Å². The number of aryl methyl sites for hydroxylation is 1. The van der Waals surface area contributed by atoms with Crippen molar-refractivity contribution < 1.29 is 9.47 Å². The van der Waals surface area contributed by atoms with Gasteiger partial charge in [0.15, 0.2) is 11.6 Å². The van der Waals surface area contributed by atoms with E-state index in [4.69, 9.17) is 21.1 Å². The number of ether oxygens (including phenoxy) is 2. The first-order chi connectivity index (χ1) is 14.5. The fourth-order valence-electron chi connectivity index (χ4n) is 3.29. The lowest BCUT2D eigenvalue weighted by molar-refractivity contribution is 0.101. The molecule has 6 nitrogen and oxygen atoms in total. The van der Waals surface area contributed by atoms with Crippen LogP contribution in [0.2, 0.25) is 5.02 Å². The van der Waals surface area contributed by atoms with Gasteiger partial charge in [-0.15, -0.1) is 10.2 Å².